The number of carboxylic acid groups (broad SMARTS) is 1. The molecule has 0 heterocycles. The largest absolute Gasteiger partial charge is 0.478 e. The zero-order valence-corrected chi connectivity index (χ0v) is 11.8. The number of nitrogens with zero attached hydrogens (tertiary/aromatic N) is 2. The van der Waals surface area contributed by atoms with Crippen LogP contribution in [0.3, 0.4) is 0 Å². The molecule has 104 valence electrons. The van der Waals surface area contributed by atoms with Crippen LogP contribution in [-0.2, 0) is 0 Å². The molecule has 6 nitrogen and oxygen atoms in total. The number of hydrogen-bond donors (Lipinski definition) is 1. The number of carbonyl (C=O) groups is 1. The van der Waals surface area contributed by atoms with Crippen LogP contribution in [0.15, 0.2) is 18.2 Å². The van der Waals surface area contributed by atoms with Gasteiger partial charge in [0.05, 0.1) is 10.5 Å². The smallest absolute Gasteiger partial charge is 0.335 e. The molecule has 1 rings (SSSR count). The zero-order chi connectivity index (χ0) is 14.6. The predicted octanol–water partition coefficient (Wildman–Crippen LogP) is 2.48. The molecule has 0 aliphatic heterocycles. The van der Waals surface area contributed by atoms with Crippen LogP contribution in [-0.4, -0.2) is 41.1 Å². The van der Waals surface area contributed by atoms with Crippen LogP contribution in [0.25, 0.3) is 0 Å². The van der Waals surface area contributed by atoms with E-state index in [-0.39, 0.29) is 17.3 Å². The van der Waals surface area contributed by atoms with E-state index in [9.17, 15) is 14.9 Å². The molecule has 0 aliphatic carbocycles. The number of anilines is 1. The molecule has 1 N–H and O–H groups in total. The number of nitro groups is 1. The summed E-state index contributed by atoms with van der Waals surface area (Å²) in [7, 11) is 1.77. The molecule has 0 amide bonds. The first-order valence-corrected chi connectivity index (χ1v) is 7.01. The standard InChI is InChI=1S/C12H16N2O4S/c1-8(7-19-3)13(2)10-5-4-9(12(15)16)6-11(10)14(17)18/h4-6,8H,7H2,1-3H3,(H,15,16). The van der Waals surface area contributed by atoms with Gasteiger partial charge in [-0.3, -0.25) is 10.1 Å². The fraction of sp³-hybridized carbons (Fsp3) is 0.417. The molecule has 1 unspecified atom stereocenters. The van der Waals surface area contributed by atoms with E-state index in [4.69, 9.17) is 5.11 Å². The Kier molecular flexibility index (Phi) is 5.17. The van der Waals surface area contributed by atoms with Crippen molar-refractivity contribution in [2.75, 3.05) is 24.0 Å². The van der Waals surface area contributed by atoms with E-state index >= 15 is 0 Å². The highest BCUT2D eigenvalue weighted by Crippen LogP contribution is 2.30. The van der Waals surface area contributed by atoms with E-state index in [1.54, 1.807) is 23.7 Å². The summed E-state index contributed by atoms with van der Waals surface area (Å²) < 4.78 is 0. The van der Waals surface area contributed by atoms with Crippen LogP contribution < -0.4 is 4.90 Å². The highest BCUT2D eigenvalue weighted by molar-refractivity contribution is 7.98. The van der Waals surface area contributed by atoms with Crippen molar-refractivity contribution in [3.8, 4) is 0 Å². The first-order chi connectivity index (χ1) is 8.88. The summed E-state index contributed by atoms with van der Waals surface area (Å²) in [5, 5.41) is 19.9. The van der Waals surface area contributed by atoms with Crippen molar-refractivity contribution in [3.05, 3.63) is 33.9 Å². The average molecular weight is 284 g/mol. The molecule has 1 aromatic carbocycles. The third-order valence-corrected chi connectivity index (χ3v) is 3.68. The molecule has 0 radical (unpaired) electrons. The van der Waals surface area contributed by atoms with Crippen LogP contribution in [0.4, 0.5) is 11.4 Å². The predicted molar refractivity (Wildman–Crippen MR) is 76.3 cm³/mol. The Morgan fingerprint density at radius 2 is 2.21 bits per heavy atom. The monoisotopic (exact) mass is 284 g/mol. The SMILES string of the molecule is CSCC(C)N(C)c1ccc(C(=O)O)cc1[N+](=O)[O-]. The van der Waals surface area contributed by atoms with Gasteiger partial charge in [-0.25, -0.2) is 4.79 Å². The normalized spacial score (nSPS) is 11.9. The van der Waals surface area contributed by atoms with Crippen molar-refractivity contribution in [2.24, 2.45) is 0 Å². The van der Waals surface area contributed by atoms with Crippen molar-refractivity contribution in [1.82, 2.24) is 0 Å². The van der Waals surface area contributed by atoms with E-state index in [1.807, 2.05) is 13.2 Å². The quantitative estimate of drug-likeness (QED) is 0.638. The van der Waals surface area contributed by atoms with E-state index in [0.717, 1.165) is 11.8 Å². The number of benzene rings is 1. The second-order valence-corrected chi connectivity index (χ2v) is 5.09. The molecule has 0 aliphatic rings. The molecule has 1 atom stereocenters. The Morgan fingerprint density at radius 3 is 2.68 bits per heavy atom. The van der Waals surface area contributed by atoms with Crippen LogP contribution in [0.5, 0.6) is 0 Å². The van der Waals surface area contributed by atoms with Gasteiger partial charge in [-0.1, -0.05) is 0 Å². The highest BCUT2D eigenvalue weighted by atomic mass is 32.2. The lowest BCUT2D eigenvalue weighted by Gasteiger charge is -2.26. The summed E-state index contributed by atoms with van der Waals surface area (Å²) >= 11 is 1.65. The Hall–Kier alpha value is -1.76. The maximum Gasteiger partial charge on any atom is 0.335 e. The summed E-state index contributed by atoms with van der Waals surface area (Å²) in [6.07, 6.45) is 1.96. The van der Waals surface area contributed by atoms with Gasteiger partial charge >= 0.3 is 5.97 Å². The van der Waals surface area contributed by atoms with Gasteiger partial charge in [-0.2, -0.15) is 11.8 Å². The number of nitro benzene ring substituents is 1. The number of carboxylic acids is 1. The summed E-state index contributed by atoms with van der Waals surface area (Å²) in [6.45, 7) is 1.96. The molecule has 0 saturated carbocycles. The third-order valence-electron chi connectivity index (χ3n) is 2.87. The molecule has 19 heavy (non-hydrogen) atoms. The number of rotatable bonds is 6. The Labute approximate surface area is 115 Å². The van der Waals surface area contributed by atoms with Gasteiger partial charge in [0.25, 0.3) is 5.69 Å². The maximum absolute atomic E-state index is 11.1. The molecule has 0 bridgehead atoms. The van der Waals surface area contributed by atoms with E-state index in [2.05, 4.69) is 0 Å². The van der Waals surface area contributed by atoms with Crippen LogP contribution in [0.2, 0.25) is 0 Å². The first-order valence-electron chi connectivity index (χ1n) is 5.62. The summed E-state index contributed by atoms with van der Waals surface area (Å²) in [5.74, 6) is -0.344. The molecule has 0 saturated heterocycles. The number of thioether (sulfide) groups is 1. The molecular formula is C12H16N2O4S. The molecule has 7 heteroatoms. The number of hydrogen-bond acceptors (Lipinski definition) is 5. The van der Waals surface area contributed by atoms with E-state index in [0.29, 0.717) is 5.69 Å². The molecular weight excluding hydrogens is 268 g/mol. The van der Waals surface area contributed by atoms with E-state index < -0.39 is 10.9 Å². The third kappa shape index (κ3) is 3.60. The van der Waals surface area contributed by atoms with Crippen molar-refractivity contribution in [1.29, 1.82) is 0 Å². The lowest BCUT2D eigenvalue weighted by molar-refractivity contribution is -0.384. The average Bonchev–Trinajstić information content (AvgIpc) is 2.37. The number of aromatic carboxylic acids is 1. The highest BCUT2D eigenvalue weighted by Gasteiger charge is 2.22. The van der Waals surface area contributed by atoms with Crippen LogP contribution in [0.1, 0.15) is 17.3 Å². The van der Waals surface area contributed by atoms with Crippen LogP contribution in [0, 0.1) is 10.1 Å². The minimum atomic E-state index is -1.17. The van der Waals surface area contributed by atoms with Crippen molar-refractivity contribution in [2.45, 2.75) is 13.0 Å². The van der Waals surface area contributed by atoms with Crippen molar-refractivity contribution in [3.63, 3.8) is 0 Å². The van der Waals surface area contributed by atoms with Gasteiger partial charge in [0.1, 0.15) is 5.69 Å². The Bertz CT molecular complexity index is 493. The Morgan fingerprint density at radius 1 is 1.58 bits per heavy atom. The summed E-state index contributed by atoms with van der Waals surface area (Å²) in [5.41, 5.74) is 0.160. The van der Waals surface area contributed by atoms with Gasteiger partial charge in [0, 0.05) is 24.9 Å². The zero-order valence-electron chi connectivity index (χ0n) is 11.0. The fourth-order valence-corrected chi connectivity index (χ4v) is 2.40. The second-order valence-electron chi connectivity index (χ2n) is 4.18. The Balaban J connectivity index is 3.20. The topological polar surface area (TPSA) is 83.7 Å². The van der Waals surface area contributed by atoms with Gasteiger partial charge in [-0.05, 0) is 25.3 Å². The maximum atomic E-state index is 11.1. The van der Waals surface area contributed by atoms with Gasteiger partial charge in [0.15, 0.2) is 0 Å². The van der Waals surface area contributed by atoms with E-state index in [1.165, 1.54) is 12.1 Å². The fourth-order valence-electron chi connectivity index (χ4n) is 1.69. The van der Waals surface area contributed by atoms with Crippen LogP contribution >= 0.6 is 11.8 Å². The van der Waals surface area contributed by atoms with Gasteiger partial charge < -0.3 is 10.0 Å². The van der Waals surface area contributed by atoms with Gasteiger partial charge in [-0.15, -0.1) is 0 Å². The molecule has 1 aromatic rings. The minimum Gasteiger partial charge on any atom is -0.478 e. The molecule has 0 aromatic heterocycles. The van der Waals surface area contributed by atoms with Gasteiger partial charge in [0.2, 0.25) is 0 Å². The van der Waals surface area contributed by atoms with Crippen molar-refractivity contribution < 1.29 is 14.8 Å². The summed E-state index contributed by atoms with van der Waals surface area (Å²) in [6, 6.07) is 4.08. The minimum absolute atomic E-state index is 0.0821. The summed E-state index contributed by atoms with van der Waals surface area (Å²) in [4.78, 5) is 23.2. The lowest BCUT2D eigenvalue weighted by Crippen LogP contribution is -2.31. The van der Waals surface area contributed by atoms with Crippen molar-refractivity contribution >= 4 is 29.1 Å². The molecule has 0 spiro atoms. The molecule has 0 fully saturated rings. The second kappa shape index (κ2) is 6.42. The first kappa shape index (κ1) is 15.3. The lowest BCUT2D eigenvalue weighted by atomic mass is 10.1.